The van der Waals surface area contributed by atoms with Crippen molar-refractivity contribution in [3.8, 4) is 5.75 Å². The maximum atomic E-state index is 5.88. The third-order valence-electron chi connectivity index (χ3n) is 3.59. The van der Waals surface area contributed by atoms with E-state index in [1.807, 2.05) is 19.1 Å². The number of hydrogen-bond acceptors (Lipinski definition) is 2. The van der Waals surface area contributed by atoms with Crippen molar-refractivity contribution < 1.29 is 4.74 Å². The fourth-order valence-electron chi connectivity index (χ4n) is 2.46. The zero-order valence-electron chi connectivity index (χ0n) is 10.7. The highest BCUT2D eigenvalue weighted by Gasteiger charge is 2.14. The zero-order chi connectivity index (χ0) is 12.1. The molecule has 0 radical (unpaired) electrons. The molecular formula is C15H23NO. The average Bonchev–Trinajstić information content (AvgIpc) is 2.38. The summed E-state index contributed by atoms with van der Waals surface area (Å²) in [5.74, 6) is 1.72. The molecule has 94 valence electrons. The van der Waals surface area contributed by atoms with Gasteiger partial charge in [-0.05, 0) is 43.4 Å². The van der Waals surface area contributed by atoms with Crippen molar-refractivity contribution in [2.24, 2.45) is 11.7 Å². The van der Waals surface area contributed by atoms with Crippen LogP contribution in [0.1, 0.15) is 50.6 Å². The number of rotatable bonds is 4. The van der Waals surface area contributed by atoms with Gasteiger partial charge in [0, 0.05) is 6.04 Å². The molecule has 0 aromatic heterocycles. The van der Waals surface area contributed by atoms with Gasteiger partial charge in [0.05, 0.1) is 6.61 Å². The highest BCUT2D eigenvalue weighted by Crippen LogP contribution is 2.25. The third-order valence-corrected chi connectivity index (χ3v) is 3.59. The van der Waals surface area contributed by atoms with Crippen LogP contribution in [0.25, 0.3) is 0 Å². The Hall–Kier alpha value is -1.02. The van der Waals surface area contributed by atoms with Crippen molar-refractivity contribution in [3.05, 3.63) is 29.8 Å². The molecule has 1 aliphatic carbocycles. The van der Waals surface area contributed by atoms with Crippen LogP contribution in [0.15, 0.2) is 24.3 Å². The summed E-state index contributed by atoms with van der Waals surface area (Å²) in [7, 11) is 0. The predicted molar refractivity (Wildman–Crippen MR) is 71.1 cm³/mol. The normalized spacial score (nSPS) is 18.9. The second-order valence-electron chi connectivity index (χ2n) is 5.18. The molecule has 0 bridgehead atoms. The second-order valence-corrected chi connectivity index (χ2v) is 5.18. The summed E-state index contributed by atoms with van der Waals surface area (Å²) in [6, 6.07) is 8.24. The summed E-state index contributed by atoms with van der Waals surface area (Å²) in [6.45, 7) is 2.86. The van der Waals surface area contributed by atoms with E-state index in [0.717, 1.165) is 23.8 Å². The molecule has 0 saturated heterocycles. The van der Waals surface area contributed by atoms with E-state index < -0.39 is 0 Å². The first-order chi connectivity index (χ1) is 8.25. The Bertz CT molecular complexity index is 343. The number of hydrogen-bond donors (Lipinski definition) is 1. The minimum absolute atomic E-state index is 0.0771. The first-order valence-corrected chi connectivity index (χ1v) is 6.74. The first kappa shape index (κ1) is 12.4. The lowest BCUT2D eigenvalue weighted by Crippen LogP contribution is -2.15. The molecule has 0 heterocycles. The smallest absolute Gasteiger partial charge is 0.119 e. The molecule has 1 aromatic rings. The van der Waals surface area contributed by atoms with Crippen molar-refractivity contribution in [1.29, 1.82) is 0 Å². The maximum Gasteiger partial charge on any atom is 0.119 e. The lowest BCUT2D eigenvalue weighted by atomic mass is 9.90. The van der Waals surface area contributed by atoms with Crippen molar-refractivity contribution >= 4 is 0 Å². The van der Waals surface area contributed by atoms with E-state index in [0.29, 0.717) is 0 Å². The molecule has 1 atom stereocenters. The molecule has 1 unspecified atom stereocenters. The van der Waals surface area contributed by atoms with Crippen LogP contribution in [0, 0.1) is 5.92 Å². The van der Waals surface area contributed by atoms with E-state index in [1.165, 1.54) is 32.1 Å². The minimum Gasteiger partial charge on any atom is -0.493 e. The van der Waals surface area contributed by atoms with Gasteiger partial charge in [0.2, 0.25) is 0 Å². The summed E-state index contributed by atoms with van der Waals surface area (Å²) < 4.78 is 5.88. The van der Waals surface area contributed by atoms with Gasteiger partial charge in [0.25, 0.3) is 0 Å². The van der Waals surface area contributed by atoms with Gasteiger partial charge in [-0.1, -0.05) is 31.4 Å². The van der Waals surface area contributed by atoms with Gasteiger partial charge in [-0.25, -0.2) is 0 Å². The largest absolute Gasteiger partial charge is 0.493 e. The molecule has 2 heteroatoms. The van der Waals surface area contributed by atoms with Crippen LogP contribution >= 0.6 is 0 Å². The van der Waals surface area contributed by atoms with Crippen molar-refractivity contribution in [2.45, 2.75) is 45.1 Å². The second kappa shape index (κ2) is 6.06. The Morgan fingerprint density at radius 3 is 2.76 bits per heavy atom. The molecule has 0 aliphatic heterocycles. The van der Waals surface area contributed by atoms with Crippen molar-refractivity contribution in [3.63, 3.8) is 0 Å². The number of nitrogens with two attached hydrogens (primary N) is 1. The zero-order valence-corrected chi connectivity index (χ0v) is 10.7. The highest BCUT2D eigenvalue weighted by molar-refractivity contribution is 5.30. The van der Waals surface area contributed by atoms with Crippen LogP contribution in [-0.2, 0) is 0 Å². The number of benzene rings is 1. The Morgan fingerprint density at radius 1 is 1.29 bits per heavy atom. The SMILES string of the molecule is CC(N)c1cccc(OCC2CCCCC2)c1. The van der Waals surface area contributed by atoms with E-state index in [9.17, 15) is 0 Å². The summed E-state index contributed by atoms with van der Waals surface area (Å²) in [5, 5.41) is 0. The summed E-state index contributed by atoms with van der Waals surface area (Å²) >= 11 is 0. The van der Waals surface area contributed by atoms with E-state index in [-0.39, 0.29) is 6.04 Å². The first-order valence-electron chi connectivity index (χ1n) is 6.74. The van der Waals surface area contributed by atoms with Crippen molar-refractivity contribution in [1.82, 2.24) is 0 Å². The Kier molecular flexibility index (Phi) is 4.43. The van der Waals surface area contributed by atoms with Crippen LogP contribution in [-0.4, -0.2) is 6.61 Å². The lowest BCUT2D eigenvalue weighted by molar-refractivity contribution is 0.208. The molecule has 0 amide bonds. The third kappa shape index (κ3) is 3.74. The topological polar surface area (TPSA) is 35.2 Å². The molecule has 1 aliphatic rings. The predicted octanol–water partition coefficient (Wildman–Crippen LogP) is 3.67. The van der Waals surface area contributed by atoms with E-state index >= 15 is 0 Å². The van der Waals surface area contributed by atoms with Crippen molar-refractivity contribution in [2.75, 3.05) is 6.61 Å². The molecule has 1 aromatic carbocycles. The standard InChI is InChI=1S/C15H23NO/c1-12(16)14-8-5-9-15(10-14)17-11-13-6-3-2-4-7-13/h5,8-10,12-13H,2-4,6-7,11,16H2,1H3. The molecular weight excluding hydrogens is 210 g/mol. The number of ether oxygens (including phenoxy) is 1. The Morgan fingerprint density at radius 2 is 2.06 bits per heavy atom. The van der Waals surface area contributed by atoms with Gasteiger partial charge in [-0.15, -0.1) is 0 Å². The quantitative estimate of drug-likeness (QED) is 0.861. The van der Waals surface area contributed by atoms with Crippen LogP contribution < -0.4 is 10.5 Å². The van der Waals surface area contributed by atoms with E-state index in [1.54, 1.807) is 0 Å². The van der Waals surface area contributed by atoms with Crippen LogP contribution in [0.5, 0.6) is 5.75 Å². The van der Waals surface area contributed by atoms with Crippen LogP contribution in [0.4, 0.5) is 0 Å². The molecule has 2 N–H and O–H groups in total. The van der Waals surface area contributed by atoms with Gasteiger partial charge in [0.1, 0.15) is 5.75 Å². The minimum atomic E-state index is 0.0771. The molecule has 17 heavy (non-hydrogen) atoms. The highest BCUT2D eigenvalue weighted by atomic mass is 16.5. The van der Waals surface area contributed by atoms with Crippen LogP contribution in [0.3, 0.4) is 0 Å². The molecule has 1 fully saturated rings. The fourth-order valence-corrected chi connectivity index (χ4v) is 2.46. The fraction of sp³-hybridized carbons (Fsp3) is 0.600. The lowest BCUT2D eigenvalue weighted by Gasteiger charge is -2.21. The monoisotopic (exact) mass is 233 g/mol. The summed E-state index contributed by atoms with van der Waals surface area (Å²) in [5.41, 5.74) is 7.01. The van der Waals surface area contributed by atoms with E-state index in [4.69, 9.17) is 10.5 Å². The van der Waals surface area contributed by atoms with Crippen LogP contribution in [0.2, 0.25) is 0 Å². The molecule has 0 spiro atoms. The van der Waals surface area contributed by atoms with Gasteiger partial charge in [-0.3, -0.25) is 0 Å². The van der Waals surface area contributed by atoms with Gasteiger partial charge >= 0.3 is 0 Å². The summed E-state index contributed by atoms with van der Waals surface area (Å²) in [4.78, 5) is 0. The van der Waals surface area contributed by atoms with Gasteiger partial charge in [0.15, 0.2) is 0 Å². The average molecular weight is 233 g/mol. The molecule has 2 nitrogen and oxygen atoms in total. The van der Waals surface area contributed by atoms with Gasteiger partial charge in [-0.2, -0.15) is 0 Å². The molecule has 1 saturated carbocycles. The van der Waals surface area contributed by atoms with Gasteiger partial charge < -0.3 is 10.5 Å². The van der Waals surface area contributed by atoms with E-state index in [2.05, 4.69) is 12.1 Å². The molecule has 2 rings (SSSR count). The maximum absolute atomic E-state index is 5.88. The Labute approximate surface area is 104 Å². The Balaban J connectivity index is 1.87. The summed E-state index contributed by atoms with van der Waals surface area (Å²) in [6.07, 6.45) is 6.79.